The number of hydrogen-bond donors (Lipinski definition) is 3. The SMILES string of the molecule is CCNc1nc(N)n(CC(C)O)n1. The highest BCUT2D eigenvalue weighted by molar-refractivity contribution is 5.30. The monoisotopic (exact) mass is 185 g/mol. The van der Waals surface area contributed by atoms with E-state index in [4.69, 9.17) is 10.8 Å². The Morgan fingerprint density at radius 1 is 1.69 bits per heavy atom. The first-order valence-corrected chi connectivity index (χ1v) is 4.25. The molecule has 6 nitrogen and oxygen atoms in total. The van der Waals surface area contributed by atoms with Crippen molar-refractivity contribution in [3.05, 3.63) is 0 Å². The van der Waals surface area contributed by atoms with Gasteiger partial charge in [0.1, 0.15) is 0 Å². The predicted molar refractivity (Wildman–Crippen MR) is 50.3 cm³/mol. The fourth-order valence-electron chi connectivity index (χ4n) is 0.972. The number of anilines is 2. The minimum absolute atomic E-state index is 0.317. The zero-order valence-electron chi connectivity index (χ0n) is 7.86. The highest BCUT2D eigenvalue weighted by atomic mass is 16.3. The van der Waals surface area contributed by atoms with Crippen LogP contribution in [0, 0.1) is 0 Å². The van der Waals surface area contributed by atoms with Crippen LogP contribution in [-0.2, 0) is 6.54 Å². The molecule has 0 aliphatic heterocycles. The maximum atomic E-state index is 9.10. The number of hydrogen-bond acceptors (Lipinski definition) is 5. The number of aliphatic hydroxyl groups is 1. The van der Waals surface area contributed by atoms with E-state index < -0.39 is 6.10 Å². The molecule has 0 amide bonds. The van der Waals surface area contributed by atoms with Crippen molar-refractivity contribution in [2.24, 2.45) is 0 Å². The van der Waals surface area contributed by atoms with Gasteiger partial charge in [-0.1, -0.05) is 0 Å². The van der Waals surface area contributed by atoms with E-state index in [0.29, 0.717) is 18.4 Å². The number of rotatable bonds is 4. The average Bonchev–Trinajstić information content (AvgIpc) is 2.31. The Morgan fingerprint density at radius 3 is 2.92 bits per heavy atom. The molecule has 0 radical (unpaired) electrons. The summed E-state index contributed by atoms with van der Waals surface area (Å²) in [5, 5.41) is 16.1. The van der Waals surface area contributed by atoms with Crippen molar-refractivity contribution >= 4 is 11.9 Å². The van der Waals surface area contributed by atoms with Crippen molar-refractivity contribution in [1.29, 1.82) is 0 Å². The van der Waals surface area contributed by atoms with Crippen LogP contribution in [0.2, 0.25) is 0 Å². The number of aromatic nitrogens is 3. The lowest BCUT2D eigenvalue weighted by atomic mass is 10.4. The van der Waals surface area contributed by atoms with Crippen LogP contribution in [0.5, 0.6) is 0 Å². The second-order valence-electron chi connectivity index (χ2n) is 2.86. The molecule has 0 spiro atoms. The topological polar surface area (TPSA) is 89.0 Å². The van der Waals surface area contributed by atoms with Crippen LogP contribution < -0.4 is 11.1 Å². The van der Waals surface area contributed by atoms with Crippen LogP contribution in [0.4, 0.5) is 11.9 Å². The molecule has 6 heteroatoms. The van der Waals surface area contributed by atoms with Crippen molar-refractivity contribution in [2.45, 2.75) is 26.5 Å². The van der Waals surface area contributed by atoms with Gasteiger partial charge in [0.2, 0.25) is 11.9 Å². The molecule has 13 heavy (non-hydrogen) atoms. The van der Waals surface area contributed by atoms with E-state index in [-0.39, 0.29) is 0 Å². The Balaban J connectivity index is 2.71. The van der Waals surface area contributed by atoms with Crippen molar-refractivity contribution in [2.75, 3.05) is 17.6 Å². The minimum atomic E-state index is -0.474. The highest BCUT2D eigenvalue weighted by Crippen LogP contribution is 2.05. The van der Waals surface area contributed by atoms with Gasteiger partial charge in [-0.2, -0.15) is 4.98 Å². The summed E-state index contributed by atoms with van der Waals surface area (Å²) in [6, 6.07) is 0. The molecule has 1 atom stereocenters. The first kappa shape index (κ1) is 9.79. The van der Waals surface area contributed by atoms with Crippen molar-refractivity contribution in [3.8, 4) is 0 Å². The van der Waals surface area contributed by atoms with E-state index in [2.05, 4.69) is 15.4 Å². The summed E-state index contributed by atoms with van der Waals surface area (Å²) in [6.45, 7) is 4.74. The summed E-state index contributed by atoms with van der Waals surface area (Å²) >= 11 is 0. The van der Waals surface area contributed by atoms with Gasteiger partial charge in [0.15, 0.2) is 0 Å². The van der Waals surface area contributed by atoms with Crippen LogP contribution in [0.25, 0.3) is 0 Å². The number of nitrogens with one attached hydrogen (secondary N) is 1. The molecule has 0 aromatic carbocycles. The van der Waals surface area contributed by atoms with Crippen molar-refractivity contribution < 1.29 is 5.11 Å². The molecule has 1 unspecified atom stereocenters. The van der Waals surface area contributed by atoms with Gasteiger partial charge in [0, 0.05) is 6.54 Å². The third-order valence-corrected chi connectivity index (χ3v) is 1.47. The summed E-state index contributed by atoms with van der Waals surface area (Å²) in [7, 11) is 0. The Morgan fingerprint density at radius 2 is 2.38 bits per heavy atom. The van der Waals surface area contributed by atoms with Crippen LogP contribution in [0.1, 0.15) is 13.8 Å². The van der Waals surface area contributed by atoms with E-state index >= 15 is 0 Å². The molecule has 0 bridgehead atoms. The summed E-state index contributed by atoms with van der Waals surface area (Å²) < 4.78 is 1.47. The van der Waals surface area contributed by atoms with E-state index in [9.17, 15) is 0 Å². The van der Waals surface area contributed by atoms with E-state index in [1.165, 1.54) is 4.68 Å². The zero-order chi connectivity index (χ0) is 9.84. The molecular weight excluding hydrogens is 170 g/mol. The van der Waals surface area contributed by atoms with Crippen LogP contribution >= 0.6 is 0 Å². The van der Waals surface area contributed by atoms with Crippen LogP contribution in [0.3, 0.4) is 0 Å². The summed E-state index contributed by atoms with van der Waals surface area (Å²) in [5.74, 6) is 0.817. The van der Waals surface area contributed by atoms with E-state index in [1.807, 2.05) is 6.92 Å². The third-order valence-electron chi connectivity index (χ3n) is 1.47. The molecule has 4 N–H and O–H groups in total. The molecule has 0 aliphatic carbocycles. The normalized spacial score (nSPS) is 12.8. The smallest absolute Gasteiger partial charge is 0.243 e. The molecule has 0 aliphatic rings. The molecule has 0 fully saturated rings. The lowest BCUT2D eigenvalue weighted by molar-refractivity contribution is 0.169. The van der Waals surface area contributed by atoms with Crippen molar-refractivity contribution in [1.82, 2.24) is 14.8 Å². The maximum absolute atomic E-state index is 9.10. The Hall–Kier alpha value is -1.30. The largest absolute Gasteiger partial charge is 0.391 e. The standard InChI is InChI=1S/C7H15N5O/c1-3-9-7-10-6(8)12(11-7)4-5(2)13/h5,13H,3-4H2,1-2H3,(H3,8,9,10,11). The van der Waals surface area contributed by atoms with Gasteiger partial charge in [-0.25, -0.2) is 4.68 Å². The lowest BCUT2D eigenvalue weighted by Crippen LogP contribution is -2.15. The van der Waals surface area contributed by atoms with E-state index in [1.54, 1.807) is 6.92 Å². The molecule has 74 valence electrons. The van der Waals surface area contributed by atoms with Crippen LogP contribution in [0.15, 0.2) is 0 Å². The zero-order valence-corrected chi connectivity index (χ0v) is 7.86. The number of nitrogens with two attached hydrogens (primary N) is 1. The summed E-state index contributed by atoms with van der Waals surface area (Å²) in [6.07, 6.45) is -0.474. The number of nitrogen functional groups attached to an aromatic ring is 1. The van der Waals surface area contributed by atoms with Gasteiger partial charge in [0.25, 0.3) is 0 Å². The molecule has 1 aromatic rings. The first-order chi connectivity index (χ1) is 6.13. The Labute approximate surface area is 76.8 Å². The fourth-order valence-corrected chi connectivity index (χ4v) is 0.972. The first-order valence-electron chi connectivity index (χ1n) is 4.25. The quantitative estimate of drug-likeness (QED) is 0.598. The molecular formula is C7H15N5O. The van der Waals surface area contributed by atoms with Gasteiger partial charge >= 0.3 is 0 Å². The van der Waals surface area contributed by atoms with Gasteiger partial charge in [-0.3, -0.25) is 0 Å². The van der Waals surface area contributed by atoms with Gasteiger partial charge < -0.3 is 16.2 Å². The fraction of sp³-hybridized carbons (Fsp3) is 0.714. The lowest BCUT2D eigenvalue weighted by Gasteiger charge is -2.03. The van der Waals surface area contributed by atoms with Gasteiger partial charge in [0.05, 0.1) is 12.6 Å². The minimum Gasteiger partial charge on any atom is -0.391 e. The number of aliphatic hydroxyl groups excluding tert-OH is 1. The molecule has 0 saturated heterocycles. The summed E-state index contributed by atoms with van der Waals surface area (Å²) in [5.41, 5.74) is 5.56. The second-order valence-corrected chi connectivity index (χ2v) is 2.86. The van der Waals surface area contributed by atoms with Gasteiger partial charge in [-0.15, -0.1) is 5.10 Å². The molecule has 1 heterocycles. The molecule has 1 aromatic heterocycles. The Kier molecular flexibility index (Phi) is 3.07. The Bertz CT molecular complexity index is 270. The summed E-state index contributed by atoms with van der Waals surface area (Å²) in [4.78, 5) is 3.96. The maximum Gasteiger partial charge on any atom is 0.243 e. The molecule has 1 rings (SSSR count). The second kappa shape index (κ2) is 4.08. The molecule has 0 saturated carbocycles. The number of nitrogens with zero attached hydrogens (tertiary/aromatic N) is 3. The van der Waals surface area contributed by atoms with E-state index in [0.717, 1.165) is 6.54 Å². The predicted octanol–water partition coefficient (Wildman–Crippen LogP) is -0.327. The average molecular weight is 185 g/mol. The third kappa shape index (κ3) is 2.59. The van der Waals surface area contributed by atoms with Crippen LogP contribution in [-0.4, -0.2) is 32.5 Å². The van der Waals surface area contributed by atoms with Crippen molar-refractivity contribution in [3.63, 3.8) is 0 Å². The highest BCUT2D eigenvalue weighted by Gasteiger charge is 2.07. The van der Waals surface area contributed by atoms with Gasteiger partial charge in [-0.05, 0) is 13.8 Å².